The highest BCUT2D eigenvalue weighted by molar-refractivity contribution is 5.69. The Morgan fingerprint density at radius 1 is 0.659 bits per heavy atom. The molecule has 254 valence electrons. The summed E-state index contributed by atoms with van der Waals surface area (Å²) in [7, 11) is 0. The highest BCUT2D eigenvalue weighted by Gasteiger charge is 2.12. The molecule has 6 nitrogen and oxygen atoms in total. The molecule has 0 radical (unpaired) electrons. The van der Waals surface area contributed by atoms with Crippen LogP contribution in [0.3, 0.4) is 0 Å². The molecule has 0 aromatic carbocycles. The van der Waals surface area contributed by atoms with Gasteiger partial charge in [-0.1, -0.05) is 140 Å². The van der Waals surface area contributed by atoms with Crippen molar-refractivity contribution in [1.82, 2.24) is 0 Å². The largest absolute Gasteiger partial charge is 0.463 e. The van der Waals surface area contributed by atoms with Crippen LogP contribution in [0.1, 0.15) is 149 Å². The lowest BCUT2D eigenvalue weighted by atomic mass is 9.99. The minimum atomic E-state index is -1.01. The van der Waals surface area contributed by atoms with Crippen LogP contribution < -0.4 is 0 Å². The maximum Gasteiger partial charge on any atom is 0.305 e. The lowest BCUT2D eigenvalue weighted by Crippen LogP contribution is -2.25. The number of allylic oxidation sites excluding steroid dienone is 6. The maximum absolute atomic E-state index is 11.9. The van der Waals surface area contributed by atoms with Crippen LogP contribution in [-0.4, -0.2) is 47.6 Å². The summed E-state index contributed by atoms with van der Waals surface area (Å²) in [5, 5.41) is 20.0. The van der Waals surface area contributed by atoms with Gasteiger partial charge in [0.2, 0.25) is 0 Å². The zero-order chi connectivity index (χ0) is 32.5. The van der Waals surface area contributed by atoms with Gasteiger partial charge in [0.05, 0.1) is 6.10 Å². The van der Waals surface area contributed by atoms with E-state index >= 15 is 0 Å². The van der Waals surface area contributed by atoms with E-state index in [1.165, 1.54) is 64.2 Å². The molecule has 0 heterocycles. The van der Waals surface area contributed by atoms with Crippen molar-refractivity contribution in [3.63, 3.8) is 0 Å². The minimum Gasteiger partial charge on any atom is -0.463 e. The maximum atomic E-state index is 11.9. The third-order valence-electron chi connectivity index (χ3n) is 7.69. The molecular formula is C38H66O6. The van der Waals surface area contributed by atoms with Crippen molar-refractivity contribution < 1.29 is 29.3 Å². The van der Waals surface area contributed by atoms with Crippen molar-refractivity contribution in [2.75, 3.05) is 13.2 Å². The molecule has 44 heavy (non-hydrogen) atoms. The number of carbonyl (C=O) groups is 2. The van der Waals surface area contributed by atoms with Gasteiger partial charge in [0.15, 0.2) is 0 Å². The van der Waals surface area contributed by atoms with Gasteiger partial charge >= 0.3 is 11.9 Å². The molecule has 0 aliphatic rings. The fraction of sp³-hybridized carbons (Fsp3) is 0.737. The minimum absolute atomic E-state index is 0.157. The van der Waals surface area contributed by atoms with Crippen LogP contribution in [0.4, 0.5) is 0 Å². The molecule has 2 unspecified atom stereocenters. The van der Waals surface area contributed by atoms with Crippen LogP contribution >= 0.6 is 0 Å². The molecule has 2 N–H and O–H groups in total. The molecule has 0 spiro atoms. The number of esters is 2. The molecule has 0 saturated heterocycles. The fourth-order valence-corrected chi connectivity index (χ4v) is 4.54. The molecule has 3 atom stereocenters. The van der Waals surface area contributed by atoms with E-state index < -0.39 is 12.2 Å². The molecular weight excluding hydrogens is 552 g/mol. The second-order valence-corrected chi connectivity index (χ2v) is 12.1. The number of rotatable bonds is 30. The van der Waals surface area contributed by atoms with Gasteiger partial charge in [-0.3, -0.25) is 9.59 Å². The fourth-order valence-electron chi connectivity index (χ4n) is 4.54. The predicted molar refractivity (Wildman–Crippen MR) is 183 cm³/mol. The predicted octanol–water partition coefficient (Wildman–Crippen LogP) is 9.50. The average molecular weight is 619 g/mol. The van der Waals surface area contributed by atoms with Gasteiger partial charge in [-0.05, 0) is 50.9 Å². The Labute approximate surface area is 270 Å². The summed E-state index contributed by atoms with van der Waals surface area (Å²) in [5.41, 5.74) is 0. The molecule has 0 bridgehead atoms. The van der Waals surface area contributed by atoms with Crippen LogP contribution in [0.2, 0.25) is 0 Å². The number of hydrogen-bond donors (Lipinski definition) is 2. The van der Waals surface area contributed by atoms with Crippen LogP contribution in [-0.2, 0) is 19.1 Å². The van der Waals surface area contributed by atoms with Crippen molar-refractivity contribution >= 4 is 11.9 Å². The summed E-state index contributed by atoms with van der Waals surface area (Å²) in [5.74, 6) is 0.153. The van der Waals surface area contributed by atoms with E-state index in [2.05, 4.69) is 39.0 Å². The highest BCUT2D eigenvalue weighted by Crippen LogP contribution is 2.15. The van der Waals surface area contributed by atoms with Crippen molar-refractivity contribution in [3.05, 3.63) is 48.6 Å². The van der Waals surface area contributed by atoms with E-state index in [1.807, 2.05) is 24.3 Å². The number of ether oxygens (including phenoxy) is 2. The first-order valence-electron chi connectivity index (χ1n) is 17.7. The molecule has 0 amide bonds. The molecule has 6 heteroatoms. The van der Waals surface area contributed by atoms with Crippen molar-refractivity contribution in [2.24, 2.45) is 5.92 Å². The molecule has 0 aliphatic heterocycles. The first kappa shape index (κ1) is 41.8. The number of aliphatic hydroxyl groups excluding tert-OH is 2. The molecule has 0 rings (SSSR count). The molecule has 0 fully saturated rings. The number of aliphatic hydroxyl groups is 2. The lowest BCUT2D eigenvalue weighted by Gasteiger charge is -2.12. The lowest BCUT2D eigenvalue weighted by molar-refractivity contribution is -0.152. The van der Waals surface area contributed by atoms with Crippen molar-refractivity contribution in [2.45, 2.75) is 161 Å². The number of unbranched alkanes of at least 4 members (excludes halogenated alkanes) is 11. The third kappa shape index (κ3) is 31.3. The van der Waals surface area contributed by atoms with Gasteiger partial charge in [0.25, 0.3) is 0 Å². The topological polar surface area (TPSA) is 93.1 Å². The van der Waals surface area contributed by atoms with Crippen molar-refractivity contribution in [3.8, 4) is 0 Å². The van der Waals surface area contributed by atoms with Crippen LogP contribution in [0.5, 0.6) is 0 Å². The zero-order valence-corrected chi connectivity index (χ0v) is 28.4. The number of carbonyl (C=O) groups excluding carboxylic acids is 2. The molecule has 0 aromatic heterocycles. The Balaban J connectivity index is 3.68. The Morgan fingerprint density at radius 3 is 1.91 bits per heavy atom. The Kier molecular flexibility index (Phi) is 30.6. The Morgan fingerprint density at radius 2 is 1.25 bits per heavy atom. The first-order valence-corrected chi connectivity index (χ1v) is 17.7. The average Bonchev–Trinajstić information content (AvgIpc) is 3.02. The Hall–Kier alpha value is -2.18. The van der Waals surface area contributed by atoms with Gasteiger partial charge in [0.1, 0.15) is 19.3 Å². The van der Waals surface area contributed by atoms with Gasteiger partial charge in [-0.15, -0.1) is 0 Å². The van der Waals surface area contributed by atoms with Crippen LogP contribution in [0, 0.1) is 5.92 Å². The second-order valence-electron chi connectivity index (χ2n) is 12.1. The monoisotopic (exact) mass is 618 g/mol. The second kappa shape index (κ2) is 32.2. The van der Waals surface area contributed by atoms with E-state index in [-0.39, 0.29) is 31.6 Å². The van der Waals surface area contributed by atoms with E-state index in [0.29, 0.717) is 25.7 Å². The SMILES string of the molecule is CCCCC/C=C\C/C=C\CC(O)/C=C\C=C\CCCC(=O)OC[C@@H](O)COC(=O)CCCCCCCCCCC(C)CC. The summed E-state index contributed by atoms with van der Waals surface area (Å²) in [6.45, 7) is 6.46. The third-order valence-corrected chi connectivity index (χ3v) is 7.69. The summed E-state index contributed by atoms with van der Waals surface area (Å²) in [6, 6.07) is 0. The standard InChI is InChI=1S/C38H66O6/c1-4-6-7-8-9-10-14-18-23-28-35(39)29-24-19-16-21-26-31-38(42)44-33-36(40)32-43-37(41)30-25-20-15-12-11-13-17-22-27-34(3)5-2/h9-10,16,18-19,23-24,29,34-36,39-40H,4-8,11-15,17,20-22,25-28,30-33H2,1-3H3/b10-9-,19-16+,23-18-,29-24-/t34?,35?,36-/m0/s1. The summed E-state index contributed by atoms with van der Waals surface area (Å²) in [4.78, 5) is 23.8. The molecule has 0 aromatic rings. The summed E-state index contributed by atoms with van der Waals surface area (Å²) in [6.07, 6.45) is 34.7. The van der Waals surface area contributed by atoms with Gasteiger partial charge in [-0.25, -0.2) is 0 Å². The van der Waals surface area contributed by atoms with Gasteiger partial charge in [0, 0.05) is 12.8 Å². The zero-order valence-electron chi connectivity index (χ0n) is 28.4. The van der Waals surface area contributed by atoms with Crippen molar-refractivity contribution in [1.29, 1.82) is 0 Å². The quantitative estimate of drug-likeness (QED) is 0.0360. The molecule has 0 saturated carbocycles. The van der Waals surface area contributed by atoms with E-state index in [9.17, 15) is 19.8 Å². The Bertz CT molecular complexity index is 784. The van der Waals surface area contributed by atoms with Crippen LogP contribution in [0.25, 0.3) is 0 Å². The molecule has 0 aliphatic carbocycles. The summed E-state index contributed by atoms with van der Waals surface area (Å²) >= 11 is 0. The van der Waals surface area contributed by atoms with E-state index in [1.54, 1.807) is 6.08 Å². The summed E-state index contributed by atoms with van der Waals surface area (Å²) < 4.78 is 10.2. The van der Waals surface area contributed by atoms with E-state index in [0.717, 1.165) is 38.0 Å². The van der Waals surface area contributed by atoms with E-state index in [4.69, 9.17) is 9.47 Å². The first-order chi connectivity index (χ1) is 21.4. The van der Waals surface area contributed by atoms with Gasteiger partial charge in [-0.2, -0.15) is 0 Å². The number of hydrogen-bond acceptors (Lipinski definition) is 6. The highest BCUT2D eigenvalue weighted by atomic mass is 16.6. The van der Waals surface area contributed by atoms with Gasteiger partial charge < -0.3 is 19.7 Å². The normalized spacial score (nSPS) is 14.2. The smallest absolute Gasteiger partial charge is 0.305 e. The van der Waals surface area contributed by atoms with Crippen LogP contribution in [0.15, 0.2) is 48.6 Å².